The summed E-state index contributed by atoms with van der Waals surface area (Å²) in [6, 6.07) is 5.34. The molecule has 1 aromatic heterocycles. The highest BCUT2D eigenvalue weighted by molar-refractivity contribution is 5.97. The Labute approximate surface area is 122 Å². The van der Waals surface area contributed by atoms with Crippen LogP contribution in [0.2, 0.25) is 0 Å². The average Bonchev–Trinajstić information content (AvgIpc) is 3.00. The van der Waals surface area contributed by atoms with Crippen LogP contribution in [0.1, 0.15) is 36.0 Å². The molecule has 0 aliphatic heterocycles. The first-order chi connectivity index (χ1) is 10.2. The lowest BCUT2D eigenvalue weighted by molar-refractivity contribution is 0.0936. The molecule has 1 aliphatic rings. The molecule has 1 heterocycles. The van der Waals surface area contributed by atoms with Gasteiger partial charge in [-0.05, 0) is 25.0 Å². The zero-order valence-corrected chi connectivity index (χ0v) is 11.9. The smallest absolute Gasteiger partial charge is 0.256 e. The molecule has 1 aliphatic carbocycles. The summed E-state index contributed by atoms with van der Waals surface area (Å²) in [5.74, 6) is 0.377. The molecule has 1 saturated carbocycles. The van der Waals surface area contributed by atoms with Gasteiger partial charge in [-0.25, -0.2) is 0 Å². The van der Waals surface area contributed by atoms with E-state index in [4.69, 9.17) is 4.74 Å². The SMILES string of the molecule is COc1ccc2c(=O)c(C(=O)NC3CCCC3)c[nH]c2c1. The Morgan fingerprint density at radius 3 is 2.81 bits per heavy atom. The number of rotatable bonds is 3. The van der Waals surface area contributed by atoms with Crippen molar-refractivity contribution in [3.63, 3.8) is 0 Å². The lowest BCUT2D eigenvalue weighted by Crippen LogP contribution is -2.35. The van der Waals surface area contributed by atoms with Gasteiger partial charge in [-0.1, -0.05) is 12.8 Å². The predicted molar refractivity (Wildman–Crippen MR) is 80.8 cm³/mol. The van der Waals surface area contributed by atoms with E-state index in [1.807, 2.05) is 0 Å². The standard InChI is InChI=1S/C16H18N2O3/c1-21-11-6-7-12-14(8-11)17-9-13(15(12)19)16(20)18-10-4-2-3-5-10/h6-10H,2-5H2,1H3,(H,17,19)(H,18,20). The van der Waals surface area contributed by atoms with E-state index >= 15 is 0 Å². The van der Waals surface area contributed by atoms with Gasteiger partial charge >= 0.3 is 0 Å². The van der Waals surface area contributed by atoms with Crippen LogP contribution in [0.5, 0.6) is 5.75 Å². The van der Waals surface area contributed by atoms with Gasteiger partial charge in [0.1, 0.15) is 11.3 Å². The maximum absolute atomic E-state index is 12.4. The Morgan fingerprint density at radius 2 is 2.10 bits per heavy atom. The fraction of sp³-hybridized carbons (Fsp3) is 0.375. The van der Waals surface area contributed by atoms with Gasteiger partial charge in [0, 0.05) is 23.7 Å². The van der Waals surface area contributed by atoms with E-state index in [-0.39, 0.29) is 22.9 Å². The van der Waals surface area contributed by atoms with Crippen LogP contribution in [-0.4, -0.2) is 24.0 Å². The molecule has 1 amide bonds. The number of amides is 1. The van der Waals surface area contributed by atoms with Crippen molar-refractivity contribution in [2.75, 3.05) is 7.11 Å². The molecular formula is C16H18N2O3. The minimum Gasteiger partial charge on any atom is -0.497 e. The molecule has 0 saturated heterocycles. The van der Waals surface area contributed by atoms with Crippen molar-refractivity contribution >= 4 is 16.8 Å². The zero-order valence-electron chi connectivity index (χ0n) is 11.9. The number of H-pyrrole nitrogens is 1. The van der Waals surface area contributed by atoms with Gasteiger partial charge in [0.25, 0.3) is 5.91 Å². The van der Waals surface area contributed by atoms with Crippen molar-refractivity contribution in [1.82, 2.24) is 10.3 Å². The summed E-state index contributed by atoms with van der Waals surface area (Å²) in [7, 11) is 1.57. The zero-order chi connectivity index (χ0) is 14.8. The van der Waals surface area contributed by atoms with Gasteiger partial charge in [0.2, 0.25) is 5.43 Å². The fourth-order valence-electron chi connectivity index (χ4n) is 2.83. The first kappa shape index (κ1) is 13.7. The van der Waals surface area contributed by atoms with Gasteiger partial charge in [0.05, 0.1) is 12.6 Å². The summed E-state index contributed by atoms with van der Waals surface area (Å²) >= 11 is 0. The first-order valence-corrected chi connectivity index (χ1v) is 7.19. The van der Waals surface area contributed by atoms with Crippen LogP contribution in [0.4, 0.5) is 0 Å². The number of pyridine rings is 1. The molecule has 2 N–H and O–H groups in total. The summed E-state index contributed by atoms with van der Waals surface area (Å²) in [6.07, 6.45) is 5.74. The summed E-state index contributed by atoms with van der Waals surface area (Å²) in [6.45, 7) is 0. The van der Waals surface area contributed by atoms with Gasteiger partial charge in [0.15, 0.2) is 0 Å². The number of aromatic amines is 1. The largest absolute Gasteiger partial charge is 0.497 e. The van der Waals surface area contributed by atoms with E-state index in [1.54, 1.807) is 25.3 Å². The predicted octanol–water partition coefficient (Wildman–Crippen LogP) is 2.21. The number of carbonyl (C=O) groups excluding carboxylic acids is 1. The van der Waals surface area contributed by atoms with Crippen LogP contribution in [0.25, 0.3) is 10.9 Å². The minimum atomic E-state index is -0.291. The molecule has 1 aromatic carbocycles. The van der Waals surface area contributed by atoms with Crippen molar-refractivity contribution in [2.24, 2.45) is 0 Å². The van der Waals surface area contributed by atoms with Crippen molar-refractivity contribution in [3.8, 4) is 5.75 Å². The number of nitrogens with one attached hydrogen (secondary N) is 2. The summed E-state index contributed by atoms with van der Waals surface area (Å²) in [5, 5.41) is 3.43. The second-order valence-electron chi connectivity index (χ2n) is 5.40. The Bertz CT molecular complexity index is 730. The van der Waals surface area contributed by atoms with Gasteiger partial charge in [-0.2, -0.15) is 0 Å². The molecule has 0 spiro atoms. The van der Waals surface area contributed by atoms with E-state index in [0.717, 1.165) is 25.7 Å². The van der Waals surface area contributed by atoms with Gasteiger partial charge < -0.3 is 15.0 Å². The lowest BCUT2D eigenvalue weighted by Gasteiger charge is -2.11. The second kappa shape index (κ2) is 5.60. The van der Waals surface area contributed by atoms with Crippen molar-refractivity contribution in [1.29, 1.82) is 0 Å². The van der Waals surface area contributed by atoms with E-state index in [1.165, 1.54) is 6.20 Å². The topological polar surface area (TPSA) is 71.2 Å². The van der Waals surface area contributed by atoms with Gasteiger partial charge in [-0.3, -0.25) is 9.59 Å². The van der Waals surface area contributed by atoms with Crippen molar-refractivity contribution in [2.45, 2.75) is 31.7 Å². The van der Waals surface area contributed by atoms with Crippen molar-refractivity contribution < 1.29 is 9.53 Å². The third kappa shape index (κ3) is 2.63. The molecule has 3 rings (SSSR count). The number of hydrogen-bond acceptors (Lipinski definition) is 3. The lowest BCUT2D eigenvalue weighted by atomic mass is 10.1. The number of aromatic nitrogens is 1. The van der Waals surface area contributed by atoms with E-state index in [9.17, 15) is 9.59 Å². The average molecular weight is 286 g/mol. The van der Waals surface area contributed by atoms with E-state index in [0.29, 0.717) is 16.7 Å². The number of hydrogen-bond donors (Lipinski definition) is 2. The summed E-state index contributed by atoms with van der Waals surface area (Å²) in [4.78, 5) is 27.7. The number of methoxy groups -OCH3 is 1. The molecule has 0 unspecified atom stereocenters. The highest BCUT2D eigenvalue weighted by atomic mass is 16.5. The molecule has 2 aromatic rings. The fourth-order valence-corrected chi connectivity index (χ4v) is 2.83. The number of benzene rings is 1. The highest BCUT2D eigenvalue weighted by Crippen LogP contribution is 2.19. The van der Waals surface area contributed by atoms with Crippen LogP contribution >= 0.6 is 0 Å². The monoisotopic (exact) mass is 286 g/mol. The second-order valence-corrected chi connectivity index (χ2v) is 5.40. The maximum atomic E-state index is 12.4. The molecule has 5 heteroatoms. The number of carbonyl (C=O) groups is 1. The Morgan fingerprint density at radius 1 is 1.33 bits per heavy atom. The normalized spacial score (nSPS) is 15.3. The third-order valence-electron chi connectivity index (χ3n) is 4.02. The van der Waals surface area contributed by atoms with Crippen LogP contribution in [-0.2, 0) is 0 Å². The van der Waals surface area contributed by atoms with Crippen LogP contribution in [0.3, 0.4) is 0 Å². The van der Waals surface area contributed by atoms with Crippen molar-refractivity contribution in [3.05, 3.63) is 40.2 Å². The molecular weight excluding hydrogens is 268 g/mol. The van der Waals surface area contributed by atoms with Crippen LogP contribution < -0.4 is 15.5 Å². The Balaban J connectivity index is 1.94. The highest BCUT2D eigenvalue weighted by Gasteiger charge is 2.20. The van der Waals surface area contributed by atoms with E-state index < -0.39 is 0 Å². The summed E-state index contributed by atoms with van der Waals surface area (Å²) in [5.41, 5.74) is 0.582. The molecule has 0 bridgehead atoms. The quantitative estimate of drug-likeness (QED) is 0.908. The molecule has 5 nitrogen and oxygen atoms in total. The first-order valence-electron chi connectivity index (χ1n) is 7.19. The molecule has 1 fully saturated rings. The third-order valence-corrected chi connectivity index (χ3v) is 4.02. The van der Waals surface area contributed by atoms with Crippen LogP contribution in [0, 0.1) is 0 Å². The van der Waals surface area contributed by atoms with E-state index in [2.05, 4.69) is 10.3 Å². The molecule has 21 heavy (non-hydrogen) atoms. The minimum absolute atomic E-state index is 0.166. The maximum Gasteiger partial charge on any atom is 0.256 e. The Kier molecular flexibility index (Phi) is 3.64. The Hall–Kier alpha value is -2.30. The van der Waals surface area contributed by atoms with Gasteiger partial charge in [-0.15, -0.1) is 0 Å². The summed E-state index contributed by atoms with van der Waals surface area (Å²) < 4.78 is 5.13. The molecule has 0 atom stereocenters. The number of ether oxygens (including phenoxy) is 1. The molecule has 0 radical (unpaired) electrons. The number of fused-ring (bicyclic) bond motifs is 1. The molecule has 110 valence electrons. The van der Waals surface area contributed by atoms with Crippen LogP contribution in [0.15, 0.2) is 29.2 Å².